The lowest BCUT2D eigenvalue weighted by Gasteiger charge is -2.35. The molecule has 1 aliphatic heterocycles. The number of rotatable bonds is 4. The van der Waals surface area contributed by atoms with Crippen molar-refractivity contribution >= 4 is 11.7 Å². The number of aromatic nitrogens is 2. The van der Waals surface area contributed by atoms with Crippen LogP contribution >= 0.6 is 0 Å². The summed E-state index contributed by atoms with van der Waals surface area (Å²) in [7, 11) is 0. The molecule has 2 aromatic rings. The van der Waals surface area contributed by atoms with E-state index in [4.69, 9.17) is 4.74 Å². The van der Waals surface area contributed by atoms with E-state index >= 15 is 0 Å². The average Bonchev–Trinajstić information content (AvgIpc) is 2.61. The SMILES string of the molecule is Cc1cnc(C)c(NCc2ccc(C(=O)N3CC(C)OC(C)C3)cc2)n1. The molecule has 2 atom stereocenters. The molecule has 1 aromatic carbocycles. The fraction of sp³-hybridized carbons (Fsp3) is 0.450. The van der Waals surface area contributed by atoms with Crippen LogP contribution in [0.15, 0.2) is 30.5 Å². The molecule has 0 saturated carbocycles. The predicted molar refractivity (Wildman–Crippen MR) is 101 cm³/mol. The van der Waals surface area contributed by atoms with Crippen LogP contribution in [0, 0.1) is 13.8 Å². The van der Waals surface area contributed by atoms with Crippen molar-refractivity contribution < 1.29 is 9.53 Å². The van der Waals surface area contributed by atoms with Crippen molar-refractivity contribution in [1.82, 2.24) is 14.9 Å². The van der Waals surface area contributed by atoms with E-state index < -0.39 is 0 Å². The van der Waals surface area contributed by atoms with Crippen LogP contribution in [0.5, 0.6) is 0 Å². The van der Waals surface area contributed by atoms with Gasteiger partial charge in [0.25, 0.3) is 5.91 Å². The van der Waals surface area contributed by atoms with Crippen LogP contribution in [0.25, 0.3) is 0 Å². The minimum atomic E-state index is 0.0619. The zero-order valence-corrected chi connectivity index (χ0v) is 15.8. The number of hydrogen-bond acceptors (Lipinski definition) is 5. The maximum atomic E-state index is 12.7. The second-order valence-corrected chi connectivity index (χ2v) is 6.96. The summed E-state index contributed by atoms with van der Waals surface area (Å²) in [5, 5.41) is 3.31. The number of amides is 1. The lowest BCUT2D eigenvalue weighted by molar-refractivity contribution is -0.0586. The molecule has 1 fully saturated rings. The number of hydrogen-bond donors (Lipinski definition) is 1. The van der Waals surface area contributed by atoms with E-state index in [0.717, 1.165) is 22.8 Å². The Morgan fingerprint density at radius 1 is 1.19 bits per heavy atom. The van der Waals surface area contributed by atoms with Gasteiger partial charge in [-0.05, 0) is 45.4 Å². The highest BCUT2D eigenvalue weighted by atomic mass is 16.5. The lowest BCUT2D eigenvalue weighted by atomic mass is 10.1. The second kappa shape index (κ2) is 7.83. The Morgan fingerprint density at radius 3 is 2.50 bits per heavy atom. The van der Waals surface area contributed by atoms with E-state index in [0.29, 0.717) is 25.2 Å². The van der Waals surface area contributed by atoms with Crippen LogP contribution in [0.4, 0.5) is 5.82 Å². The highest BCUT2D eigenvalue weighted by molar-refractivity contribution is 5.94. The number of benzene rings is 1. The van der Waals surface area contributed by atoms with E-state index in [1.54, 1.807) is 6.20 Å². The third kappa shape index (κ3) is 4.38. The molecule has 1 N–H and O–H groups in total. The number of ether oxygens (including phenoxy) is 1. The van der Waals surface area contributed by atoms with E-state index in [-0.39, 0.29) is 18.1 Å². The first kappa shape index (κ1) is 18.3. The molecule has 0 spiro atoms. The van der Waals surface area contributed by atoms with Crippen LogP contribution in [-0.2, 0) is 11.3 Å². The van der Waals surface area contributed by atoms with Gasteiger partial charge < -0.3 is 15.0 Å². The topological polar surface area (TPSA) is 67.4 Å². The summed E-state index contributed by atoms with van der Waals surface area (Å²) in [5.41, 5.74) is 3.56. The Morgan fingerprint density at radius 2 is 1.85 bits per heavy atom. The summed E-state index contributed by atoms with van der Waals surface area (Å²) in [6.07, 6.45) is 1.91. The fourth-order valence-electron chi connectivity index (χ4n) is 3.18. The Balaban J connectivity index is 1.63. The molecule has 0 bridgehead atoms. The number of carbonyl (C=O) groups is 1. The standard InChI is InChI=1S/C20H26N4O2/c1-13-9-21-16(4)19(23-13)22-10-17-5-7-18(8-6-17)20(25)24-11-14(2)26-15(3)12-24/h5-9,14-15H,10-12H2,1-4H3,(H,22,23). The van der Waals surface area contributed by atoms with Crippen molar-refractivity contribution in [2.45, 2.75) is 46.4 Å². The summed E-state index contributed by atoms with van der Waals surface area (Å²) in [4.78, 5) is 23.3. The van der Waals surface area contributed by atoms with E-state index in [9.17, 15) is 4.79 Å². The van der Waals surface area contributed by atoms with E-state index in [1.807, 2.05) is 56.9 Å². The summed E-state index contributed by atoms with van der Waals surface area (Å²) in [6.45, 7) is 9.77. The molecule has 1 aromatic heterocycles. The molecule has 0 radical (unpaired) electrons. The number of nitrogens with one attached hydrogen (secondary N) is 1. The van der Waals surface area contributed by atoms with Gasteiger partial charge >= 0.3 is 0 Å². The molecular formula is C20H26N4O2. The minimum absolute atomic E-state index is 0.0619. The van der Waals surface area contributed by atoms with Crippen molar-refractivity contribution in [3.63, 3.8) is 0 Å². The van der Waals surface area contributed by atoms with Gasteiger partial charge in [0.05, 0.1) is 23.6 Å². The van der Waals surface area contributed by atoms with Crippen molar-refractivity contribution in [3.05, 3.63) is 53.0 Å². The molecular weight excluding hydrogens is 328 g/mol. The molecule has 2 heterocycles. The molecule has 6 heteroatoms. The molecule has 1 amide bonds. The third-order valence-corrected chi connectivity index (χ3v) is 4.44. The molecule has 0 aliphatic carbocycles. The highest BCUT2D eigenvalue weighted by Gasteiger charge is 2.26. The van der Waals surface area contributed by atoms with Gasteiger partial charge in [-0.2, -0.15) is 0 Å². The van der Waals surface area contributed by atoms with Crippen LogP contribution < -0.4 is 5.32 Å². The second-order valence-electron chi connectivity index (χ2n) is 6.96. The maximum Gasteiger partial charge on any atom is 0.254 e. The van der Waals surface area contributed by atoms with Gasteiger partial charge in [0, 0.05) is 31.4 Å². The molecule has 1 aliphatic rings. The van der Waals surface area contributed by atoms with Crippen molar-refractivity contribution in [3.8, 4) is 0 Å². The van der Waals surface area contributed by atoms with Gasteiger partial charge in [0.2, 0.25) is 0 Å². The summed E-state index contributed by atoms with van der Waals surface area (Å²) >= 11 is 0. The Hall–Kier alpha value is -2.47. The first-order valence-corrected chi connectivity index (χ1v) is 9.00. The lowest BCUT2D eigenvalue weighted by Crippen LogP contribution is -2.48. The maximum absolute atomic E-state index is 12.7. The fourth-order valence-corrected chi connectivity index (χ4v) is 3.18. The van der Waals surface area contributed by atoms with E-state index in [1.165, 1.54) is 0 Å². The third-order valence-electron chi connectivity index (χ3n) is 4.44. The van der Waals surface area contributed by atoms with Crippen LogP contribution in [0.3, 0.4) is 0 Å². The monoisotopic (exact) mass is 354 g/mol. The van der Waals surface area contributed by atoms with Gasteiger partial charge in [-0.1, -0.05) is 12.1 Å². The Labute approximate surface area is 154 Å². The normalized spacial score (nSPS) is 20.1. The van der Waals surface area contributed by atoms with Crippen molar-refractivity contribution in [1.29, 1.82) is 0 Å². The Kier molecular flexibility index (Phi) is 5.52. The van der Waals surface area contributed by atoms with Gasteiger partial charge in [-0.15, -0.1) is 0 Å². The quantitative estimate of drug-likeness (QED) is 0.914. The van der Waals surface area contributed by atoms with E-state index in [2.05, 4.69) is 15.3 Å². The van der Waals surface area contributed by atoms with Crippen molar-refractivity contribution in [2.24, 2.45) is 0 Å². The molecule has 1 saturated heterocycles. The molecule has 138 valence electrons. The van der Waals surface area contributed by atoms with Crippen molar-refractivity contribution in [2.75, 3.05) is 18.4 Å². The summed E-state index contributed by atoms with van der Waals surface area (Å²) in [6, 6.07) is 7.73. The molecule has 26 heavy (non-hydrogen) atoms. The number of morpholine rings is 1. The molecule has 3 rings (SSSR count). The first-order chi connectivity index (χ1) is 12.4. The molecule has 6 nitrogen and oxygen atoms in total. The van der Waals surface area contributed by atoms with Crippen LogP contribution in [0.1, 0.15) is 41.2 Å². The number of aryl methyl sites for hydroxylation is 2. The minimum Gasteiger partial charge on any atom is -0.372 e. The Bertz CT molecular complexity index is 766. The van der Waals surface area contributed by atoms with Gasteiger partial charge in [-0.3, -0.25) is 9.78 Å². The summed E-state index contributed by atoms with van der Waals surface area (Å²) < 4.78 is 5.70. The predicted octanol–water partition coefficient (Wildman–Crippen LogP) is 2.95. The number of carbonyl (C=O) groups excluding carboxylic acids is 1. The van der Waals surface area contributed by atoms with Gasteiger partial charge in [0.1, 0.15) is 5.82 Å². The smallest absolute Gasteiger partial charge is 0.254 e. The zero-order valence-electron chi connectivity index (χ0n) is 15.8. The largest absolute Gasteiger partial charge is 0.372 e. The average molecular weight is 354 g/mol. The van der Waals surface area contributed by atoms with Gasteiger partial charge in [0.15, 0.2) is 0 Å². The number of anilines is 1. The first-order valence-electron chi connectivity index (χ1n) is 9.00. The zero-order chi connectivity index (χ0) is 18.7. The van der Waals surface area contributed by atoms with Crippen LogP contribution in [0.2, 0.25) is 0 Å². The number of nitrogens with zero attached hydrogens (tertiary/aromatic N) is 3. The highest BCUT2D eigenvalue weighted by Crippen LogP contribution is 2.16. The summed E-state index contributed by atoms with van der Waals surface area (Å²) in [5.74, 6) is 0.855. The van der Waals surface area contributed by atoms with Crippen LogP contribution in [-0.4, -0.2) is 46.1 Å². The molecule has 2 unspecified atom stereocenters. The van der Waals surface area contributed by atoms with Gasteiger partial charge in [-0.25, -0.2) is 4.98 Å².